The minimum absolute atomic E-state index is 0.156. The number of carbonyl (C=O) groups excluding carboxylic acids is 1. The molecule has 0 unspecified atom stereocenters. The maximum absolute atomic E-state index is 13.4. The van der Waals surface area contributed by atoms with Crippen LogP contribution in [0.5, 0.6) is 0 Å². The Morgan fingerprint density at radius 2 is 1.74 bits per heavy atom. The Morgan fingerprint density at radius 3 is 2.42 bits per heavy atom. The van der Waals surface area contributed by atoms with Gasteiger partial charge in [-0.1, -0.05) is 48.5 Å². The van der Waals surface area contributed by atoms with Gasteiger partial charge in [-0.2, -0.15) is 4.98 Å². The molecule has 4 aromatic rings. The molecule has 2 aromatic heterocycles. The first kappa shape index (κ1) is 19.3. The Labute approximate surface area is 184 Å². The average molecular weight is 428 g/mol. The third-order valence-electron chi connectivity index (χ3n) is 5.31. The number of carbonyl (C=O) groups is 1. The van der Waals surface area contributed by atoms with Crippen molar-refractivity contribution in [2.24, 2.45) is 0 Å². The zero-order chi connectivity index (χ0) is 21.4. The van der Waals surface area contributed by atoms with Crippen molar-refractivity contribution in [2.45, 2.75) is 19.9 Å². The third kappa shape index (κ3) is 3.53. The van der Waals surface area contributed by atoms with E-state index in [2.05, 4.69) is 23.6 Å². The number of anilines is 2. The number of amides is 1. The lowest BCUT2D eigenvalue weighted by molar-refractivity contribution is -0.113. The van der Waals surface area contributed by atoms with Gasteiger partial charge in [-0.3, -0.25) is 4.79 Å². The lowest BCUT2D eigenvalue weighted by atomic mass is 9.99. The summed E-state index contributed by atoms with van der Waals surface area (Å²) in [6, 6.07) is 21.1. The van der Waals surface area contributed by atoms with E-state index in [4.69, 9.17) is 10.1 Å². The Bertz CT molecular complexity index is 1270. The number of nitrogens with one attached hydrogen (secondary N) is 2. The van der Waals surface area contributed by atoms with E-state index in [1.165, 1.54) is 0 Å². The summed E-state index contributed by atoms with van der Waals surface area (Å²) in [6.07, 6.45) is 0. The third-order valence-corrected chi connectivity index (χ3v) is 6.38. The van der Waals surface area contributed by atoms with Crippen LogP contribution in [0.4, 0.5) is 11.6 Å². The van der Waals surface area contributed by atoms with Crippen molar-refractivity contribution in [3.63, 3.8) is 0 Å². The highest BCUT2D eigenvalue weighted by Crippen LogP contribution is 2.40. The molecule has 2 aromatic carbocycles. The van der Waals surface area contributed by atoms with Gasteiger partial charge in [-0.25, -0.2) is 4.68 Å². The van der Waals surface area contributed by atoms with Gasteiger partial charge >= 0.3 is 0 Å². The number of fused-ring (bicyclic) bond motifs is 1. The molecule has 0 fully saturated rings. The predicted octanol–water partition coefficient (Wildman–Crippen LogP) is 5.24. The molecule has 5 rings (SSSR count). The van der Waals surface area contributed by atoms with Gasteiger partial charge in [0.05, 0.1) is 5.57 Å². The largest absolute Gasteiger partial charge is 0.328 e. The molecule has 1 aliphatic heterocycles. The Balaban J connectivity index is 1.61. The lowest BCUT2D eigenvalue weighted by Crippen LogP contribution is -2.31. The van der Waals surface area contributed by atoms with Gasteiger partial charge in [-0.15, -0.1) is 16.4 Å². The molecule has 6 nitrogen and oxygen atoms in total. The van der Waals surface area contributed by atoms with Crippen LogP contribution in [0, 0.1) is 6.92 Å². The number of para-hydroxylation sites is 1. The number of benzene rings is 2. The number of allylic oxidation sites excluding steroid dienone is 1. The number of rotatable bonds is 4. The zero-order valence-electron chi connectivity index (χ0n) is 17.2. The molecule has 0 radical (unpaired) electrons. The maximum Gasteiger partial charge on any atom is 0.255 e. The summed E-state index contributed by atoms with van der Waals surface area (Å²) in [5, 5.41) is 13.2. The van der Waals surface area contributed by atoms with E-state index in [0.29, 0.717) is 17.3 Å². The van der Waals surface area contributed by atoms with Crippen LogP contribution in [0.25, 0.3) is 11.4 Å². The van der Waals surface area contributed by atoms with Crippen molar-refractivity contribution in [2.75, 3.05) is 10.6 Å². The quantitative estimate of drug-likeness (QED) is 0.467. The molecule has 1 amide bonds. The number of thiophene rings is 1. The second kappa shape index (κ2) is 7.85. The fourth-order valence-electron chi connectivity index (χ4n) is 3.78. The number of aryl methyl sites for hydroxylation is 1. The van der Waals surface area contributed by atoms with E-state index in [-0.39, 0.29) is 11.9 Å². The predicted molar refractivity (Wildman–Crippen MR) is 124 cm³/mol. The first-order valence-corrected chi connectivity index (χ1v) is 10.9. The first-order chi connectivity index (χ1) is 15.1. The number of hydrogen-bond acceptors (Lipinski definition) is 5. The molecular formula is C24H21N5OS. The standard InChI is InChI=1S/C24H21N5OS/c1-15-13-14-31-21(15)20-19(23(30)26-18-11-7-4-8-12-18)16(2)25-24-27-22(28-29(20)24)17-9-5-3-6-10-17/h3-14,20H,1-2H3,(H,26,30)(H,25,27,28)/t20-/m1/s1. The van der Waals surface area contributed by atoms with Crippen LogP contribution in [0.2, 0.25) is 0 Å². The van der Waals surface area contributed by atoms with E-state index in [0.717, 1.165) is 27.4 Å². The van der Waals surface area contributed by atoms with Crippen LogP contribution in [0.15, 0.2) is 83.4 Å². The van der Waals surface area contributed by atoms with Crippen LogP contribution in [0.1, 0.15) is 23.4 Å². The molecule has 0 saturated heterocycles. The van der Waals surface area contributed by atoms with E-state index < -0.39 is 0 Å². The van der Waals surface area contributed by atoms with Crippen molar-refractivity contribution in [3.8, 4) is 11.4 Å². The van der Waals surface area contributed by atoms with Crippen LogP contribution in [-0.2, 0) is 4.79 Å². The summed E-state index contributed by atoms with van der Waals surface area (Å²) in [5.41, 5.74) is 4.21. The summed E-state index contributed by atoms with van der Waals surface area (Å²) in [4.78, 5) is 19.2. The van der Waals surface area contributed by atoms with Crippen LogP contribution < -0.4 is 10.6 Å². The topological polar surface area (TPSA) is 71.8 Å². The highest BCUT2D eigenvalue weighted by molar-refractivity contribution is 7.10. The van der Waals surface area contributed by atoms with Gasteiger partial charge in [0.15, 0.2) is 5.82 Å². The van der Waals surface area contributed by atoms with Gasteiger partial charge in [0, 0.05) is 21.8 Å². The van der Waals surface area contributed by atoms with Gasteiger partial charge in [0.1, 0.15) is 6.04 Å². The van der Waals surface area contributed by atoms with Crippen molar-refractivity contribution < 1.29 is 4.79 Å². The molecule has 31 heavy (non-hydrogen) atoms. The fourth-order valence-corrected chi connectivity index (χ4v) is 4.80. The summed E-state index contributed by atoms with van der Waals surface area (Å²) in [7, 11) is 0. The molecule has 0 bridgehead atoms. The monoisotopic (exact) mass is 427 g/mol. The summed E-state index contributed by atoms with van der Waals surface area (Å²) in [6.45, 7) is 3.97. The average Bonchev–Trinajstić information content (AvgIpc) is 3.40. The fraction of sp³-hybridized carbons (Fsp3) is 0.125. The van der Waals surface area contributed by atoms with Gasteiger partial charge in [-0.05, 0) is 43.0 Å². The van der Waals surface area contributed by atoms with Gasteiger partial charge in [0.25, 0.3) is 5.91 Å². The van der Waals surface area contributed by atoms with Crippen molar-refractivity contribution >= 4 is 28.9 Å². The van der Waals surface area contributed by atoms with E-state index in [1.807, 2.05) is 77.6 Å². The summed E-state index contributed by atoms with van der Waals surface area (Å²) < 4.78 is 1.83. The smallest absolute Gasteiger partial charge is 0.255 e. The second-order valence-corrected chi connectivity index (χ2v) is 8.37. The molecule has 7 heteroatoms. The number of aromatic nitrogens is 3. The highest BCUT2D eigenvalue weighted by Gasteiger charge is 2.35. The van der Waals surface area contributed by atoms with Gasteiger partial charge in [0.2, 0.25) is 5.95 Å². The van der Waals surface area contributed by atoms with E-state index in [1.54, 1.807) is 11.3 Å². The van der Waals surface area contributed by atoms with Crippen molar-refractivity contribution in [1.29, 1.82) is 0 Å². The first-order valence-electron chi connectivity index (χ1n) is 10.0. The number of hydrogen-bond donors (Lipinski definition) is 2. The zero-order valence-corrected chi connectivity index (χ0v) is 18.0. The summed E-state index contributed by atoms with van der Waals surface area (Å²) in [5.74, 6) is 1.10. The minimum atomic E-state index is -0.357. The number of nitrogens with zero attached hydrogens (tertiary/aromatic N) is 3. The second-order valence-electron chi connectivity index (χ2n) is 7.42. The molecule has 154 valence electrons. The lowest BCUT2D eigenvalue weighted by Gasteiger charge is -2.28. The highest BCUT2D eigenvalue weighted by atomic mass is 32.1. The molecule has 0 saturated carbocycles. The molecule has 2 N–H and O–H groups in total. The summed E-state index contributed by atoms with van der Waals surface area (Å²) >= 11 is 1.62. The van der Waals surface area contributed by atoms with Gasteiger partial charge < -0.3 is 10.6 Å². The van der Waals surface area contributed by atoms with E-state index >= 15 is 0 Å². The van der Waals surface area contributed by atoms with Crippen molar-refractivity contribution in [1.82, 2.24) is 14.8 Å². The van der Waals surface area contributed by atoms with Crippen molar-refractivity contribution in [3.05, 3.63) is 93.8 Å². The molecular weight excluding hydrogens is 406 g/mol. The Hall–Kier alpha value is -3.71. The van der Waals surface area contributed by atoms with E-state index in [9.17, 15) is 4.79 Å². The molecule has 0 spiro atoms. The molecule has 0 aliphatic carbocycles. The molecule has 1 aliphatic rings. The Morgan fingerprint density at radius 1 is 1.03 bits per heavy atom. The normalized spacial score (nSPS) is 15.4. The van der Waals surface area contributed by atoms with Crippen LogP contribution in [0.3, 0.4) is 0 Å². The molecule has 3 heterocycles. The van der Waals surface area contributed by atoms with Crippen LogP contribution >= 0.6 is 11.3 Å². The minimum Gasteiger partial charge on any atom is -0.328 e. The van der Waals surface area contributed by atoms with Crippen LogP contribution in [-0.4, -0.2) is 20.7 Å². The SMILES string of the molecule is CC1=C(C(=O)Nc2ccccc2)[C@H](c2sccc2C)n2nc(-c3ccccc3)nc2N1. The molecule has 1 atom stereocenters. The maximum atomic E-state index is 13.4. The Kier molecular flexibility index (Phi) is 4.88.